The summed E-state index contributed by atoms with van der Waals surface area (Å²) < 4.78 is 34.7. The summed E-state index contributed by atoms with van der Waals surface area (Å²) in [4.78, 5) is 50.6. The van der Waals surface area contributed by atoms with Crippen LogP contribution in [-0.2, 0) is 54.1 Å². The number of amides is 4. The van der Waals surface area contributed by atoms with Crippen LogP contribution < -0.4 is 21.3 Å². The molecule has 25 nitrogen and oxygen atoms in total. The molecule has 3 heterocycles. The predicted octanol–water partition coefficient (Wildman–Crippen LogP) is -7.71. The van der Waals surface area contributed by atoms with E-state index in [0.29, 0.717) is 5.56 Å². The highest BCUT2D eigenvalue weighted by molar-refractivity contribution is 5.87. The van der Waals surface area contributed by atoms with Gasteiger partial charge in [0.05, 0.1) is 26.4 Å². The maximum Gasteiger partial charge on any atom is 0.245 e. The van der Waals surface area contributed by atoms with Gasteiger partial charge in [-0.15, -0.1) is 0 Å². The van der Waals surface area contributed by atoms with Crippen LogP contribution in [0.5, 0.6) is 0 Å². The van der Waals surface area contributed by atoms with Gasteiger partial charge in [0.15, 0.2) is 18.9 Å². The van der Waals surface area contributed by atoms with Crippen LogP contribution >= 0.6 is 0 Å². The first-order valence-corrected chi connectivity index (χ1v) is 20.2. The Morgan fingerprint density at radius 3 is 1.67 bits per heavy atom. The molecule has 0 spiro atoms. The molecule has 4 amide bonds. The fourth-order valence-corrected chi connectivity index (χ4v) is 7.41. The molecule has 0 bridgehead atoms. The Bertz CT molecular complexity index is 1690. The van der Waals surface area contributed by atoms with Crippen molar-refractivity contribution in [1.82, 2.24) is 21.3 Å². The van der Waals surface area contributed by atoms with Gasteiger partial charge in [-0.05, 0) is 11.1 Å². The second-order valence-corrected chi connectivity index (χ2v) is 15.5. The average Bonchev–Trinajstić information content (AvgIpc) is 3.26. The molecule has 64 heavy (non-hydrogen) atoms. The van der Waals surface area contributed by atoms with E-state index in [4.69, 9.17) is 28.4 Å². The summed E-state index contributed by atoms with van der Waals surface area (Å²) in [5.41, 5.74) is 1.42. The van der Waals surface area contributed by atoms with Gasteiger partial charge in [0.1, 0.15) is 97.5 Å². The van der Waals surface area contributed by atoms with E-state index in [1.54, 1.807) is 30.3 Å². The summed E-state index contributed by atoms with van der Waals surface area (Å²) in [6, 6.07) is 1.61. The minimum Gasteiger partial charge on any atom is -0.394 e. The molecule has 4 rings (SSSR count). The molecule has 25 heteroatoms. The van der Waals surface area contributed by atoms with Crippen molar-refractivity contribution >= 4 is 29.7 Å². The van der Waals surface area contributed by atoms with Crippen LogP contribution in [0.3, 0.4) is 0 Å². The molecule has 1 aromatic rings. The lowest BCUT2D eigenvalue weighted by molar-refractivity contribution is -0.364. The van der Waals surface area contributed by atoms with E-state index in [9.17, 15) is 75.3 Å². The van der Waals surface area contributed by atoms with Crippen LogP contribution in [-0.4, -0.2) is 223 Å². The van der Waals surface area contributed by atoms with Crippen LogP contribution in [0.4, 0.5) is 0 Å². The molecule has 362 valence electrons. The lowest BCUT2D eigenvalue weighted by Crippen LogP contribution is -2.70. The van der Waals surface area contributed by atoms with Crippen molar-refractivity contribution in [2.45, 2.75) is 144 Å². The third-order valence-electron chi connectivity index (χ3n) is 10.7. The van der Waals surface area contributed by atoms with Crippen LogP contribution in [0.25, 0.3) is 6.08 Å². The van der Waals surface area contributed by atoms with E-state index in [2.05, 4.69) is 27.8 Å². The molecule has 3 saturated heterocycles. The smallest absolute Gasteiger partial charge is 0.245 e. The number of rotatable bonds is 20. The van der Waals surface area contributed by atoms with Crippen molar-refractivity contribution in [3.63, 3.8) is 0 Å². The van der Waals surface area contributed by atoms with Crippen molar-refractivity contribution in [3.05, 3.63) is 42.0 Å². The Kier molecular flexibility index (Phi) is 19.9. The summed E-state index contributed by atoms with van der Waals surface area (Å²) in [5.74, 6) is -3.34. The summed E-state index contributed by atoms with van der Waals surface area (Å²) >= 11 is 0. The average molecular weight is 921 g/mol. The molecule has 1 aromatic carbocycles. The number of nitrogens with one attached hydrogen (secondary N) is 4. The zero-order valence-corrected chi connectivity index (χ0v) is 35.1. The highest BCUT2D eigenvalue weighted by Gasteiger charge is 2.55. The van der Waals surface area contributed by atoms with Crippen molar-refractivity contribution in [2.24, 2.45) is 0 Å². The summed E-state index contributed by atoms with van der Waals surface area (Å²) in [5, 5.41) is 127. The molecule has 15 N–H and O–H groups in total. The number of aliphatic hydroxyl groups is 11. The zero-order valence-electron chi connectivity index (χ0n) is 35.1. The minimum atomic E-state index is -2.17. The van der Waals surface area contributed by atoms with E-state index < -0.39 is 166 Å². The van der Waals surface area contributed by atoms with Crippen LogP contribution in [0.1, 0.15) is 31.9 Å². The van der Waals surface area contributed by atoms with Crippen molar-refractivity contribution in [1.29, 1.82) is 0 Å². The largest absolute Gasteiger partial charge is 0.394 e. The van der Waals surface area contributed by atoms with E-state index >= 15 is 0 Å². The van der Waals surface area contributed by atoms with Gasteiger partial charge >= 0.3 is 0 Å². The number of carbonyl (C=O) groups excluding carboxylic acids is 4. The fourth-order valence-electron chi connectivity index (χ4n) is 7.41. The van der Waals surface area contributed by atoms with Gasteiger partial charge in [0.25, 0.3) is 0 Å². The molecule has 0 saturated carbocycles. The molecule has 0 aromatic heterocycles. The molecule has 3 aliphatic heterocycles. The van der Waals surface area contributed by atoms with Gasteiger partial charge in [0.2, 0.25) is 23.6 Å². The first-order valence-electron chi connectivity index (χ1n) is 20.2. The zero-order chi connectivity index (χ0) is 47.6. The van der Waals surface area contributed by atoms with E-state index in [1.807, 2.05) is 0 Å². The molecule has 0 aliphatic carbocycles. The normalized spacial score (nSPS) is 34.9. The highest BCUT2D eigenvalue weighted by Crippen LogP contribution is 2.33. The van der Waals surface area contributed by atoms with Gasteiger partial charge in [0, 0.05) is 27.3 Å². The van der Waals surface area contributed by atoms with Gasteiger partial charge in [-0.25, -0.2) is 0 Å². The Morgan fingerprint density at radius 2 is 1.19 bits per heavy atom. The van der Waals surface area contributed by atoms with Gasteiger partial charge < -0.3 is 106 Å². The Labute approximate surface area is 366 Å². The van der Waals surface area contributed by atoms with Gasteiger partial charge in [-0.1, -0.05) is 36.9 Å². The standard InChI is InChI=1S/C39H60N4O21/c1-5-18-6-8-19(9-7-18)10-40-36(58)24(41-15(2)48)28(53)33(20(51)11-44)62-37-25(42-16(3)49)29(54)34(22(13-46)60-37)63-38-26(43-17(4)50)30(55)35(23(14-47)61-38)64-39-32(57)31(56)27(52)21(12-45)59-39/h5-9,20-35,37-39,44-47,51-57H,1,10-14H2,2-4H3,(H,40,58)(H,41,48)(H,42,49)(H,43,50)/t20-,21+,22+,23+,24-,25+,26+,27-,28+,29+,30+,31-,32+,33+,34+,35+,37-,38-,39-/m0/s1. The van der Waals surface area contributed by atoms with Crippen molar-refractivity contribution in [2.75, 3.05) is 26.4 Å². The van der Waals surface area contributed by atoms with E-state index in [1.165, 1.54) is 0 Å². The second-order valence-electron chi connectivity index (χ2n) is 15.5. The van der Waals surface area contributed by atoms with Crippen LogP contribution in [0, 0.1) is 0 Å². The summed E-state index contributed by atoms with van der Waals surface area (Å²) in [7, 11) is 0. The number of ether oxygens (including phenoxy) is 6. The molecular weight excluding hydrogens is 860 g/mol. The van der Waals surface area contributed by atoms with Gasteiger partial charge in [-0.2, -0.15) is 0 Å². The van der Waals surface area contributed by atoms with Crippen LogP contribution in [0.2, 0.25) is 0 Å². The molecule has 3 aliphatic rings. The summed E-state index contributed by atoms with van der Waals surface area (Å²) in [6.45, 7) is 2.86. The maximum atomic E-state index is 13.5. The monoisotopic (exact) mass is 920 g/mol. The number of carbonyl (C=O) groups is 4. The lowest BCUT2D eigenvalue weighted by atomic mass is 9.93. The number of benzene rings is 1. The number of hydrogen-bond acceptors (Lipinski definition) is 21. The molecule has 19 atom stereocenters. The third kappa shape index (κ3) is 12.9. The quantitative estimate of drug-likeness (QED) is 0.0577. The van der Waals surface area contributed by atoms with Crippen molar-refractivity contribution in [3.8, 4) is 0 Å². The first kappa shape index (κ1) is 52.8. The summed E-state index contributed by atoms with van der Waals surface area (Å²) in [6.07, 6.45) is -27.9. The molecular formula is C39H60N4O21. The lowest BCUT2D eigenvalue weighted by Gasteiger charge is -2.50. The van der Waals surface area contributed by atoms with Crippen molar-refractivity contribution < 1.29 is 104 Å². The molecule has 0 unspecified atom stereocenters. The third-order valence-corrected chi connectivity index (χ3v) is 10.7. The second kappa shape index (κ2) is 24.1. The van der Waals surface area contributed by atoms with E-state index in [0.717, 1.165) is 26.3 Å². The predicted molar refractivity (Wildman–Crippen MR) is 212 cm³/mol. The highest BCUT2D eigenvalue weighted by atomic mass is 16.8. The first-order chi connectivity index (χ1) is 30.3. The number of hydrogen-bond donors (Lipinski definition) is 15. The molecule has 3 fully saturated rings. The fraction of sp³-hybridized carbons (Fsp3) is 0.692. The Hall–Kier alpha value is -3.84. The maximum absolute atomic E-state index is 13.5. The topological polar surface area (TPSA) is 394 Å². The Morgan fingerprint density at radius 1 is 0.688 bits per heavy atom. The SMILES string of the molecule is C=Cc1ccc(CNC(=O)[C@@H](NC(C)=O)[C@@H](O)[C@H](O[C@@H]2O[C@H](CO)[C@@H](O[C@@H]3O[C@H](CO)[C@@H](O[C@@H]4O[C@H](CO)[C@H](O)[C@H](O)[C@H]4O)[C@H](O)[C@H]3NC(C)=O)[C@H](O)[C@H]2NC(C)=O)[C@@H](O)CO)cc1. The van der Waals surface area contributed by atoms with E-state index in [-0.39, 0.29) is 6.54 Å². The van der Waals surface area contributed by atoms with Gasteiger partial charge in [-0.3, -0.25) is 19.2 Å². The Balaban J connectivity index is 1.59. The minimum absolute atomic E-state index is 0.0786. The molecule has 0 radical (unpaired) electrons. The van der Waals surface area contributed by atoms with Crippen LogP contribution in [0.15, 0.2) is 30.8 Å². The number of aliphatic hydroxyl groups excluding tert-OH is 11.